The molecule has 0 radical (unpaired) electrons. The summed E-state index contributed by atoms with van der Waals surface area (Å²) in [7, 11) is 0. The Labute approximate surface area is 123 Å². The van der Waals surface area contributed by atoms with Gasteiger partial charge in [-0.3, -0.25) is 11.3 Å². The maximum atomic E-state index is 5.90. The van der Waals surface area contributed by atoms with Gasteiger partial charge in [-0.25, -0.2) is 0 Å². The van der Waals surface area contributed by atoms with E-state index in [9.17, 15) is 0 Å². The second-order valence-electron chi connectivity index (χ2n) is 4.35. The van der Waals surface area contributed by atoms with Crippen LogP contribution in [0.5, 0.6) is 0 Å². The molecule has 2 nitrogen and oxygen atoms in total. The molecule has 0 fully saturated rings. The molecule has 0 aromatic heterocycles. The highest BCUT2D eigenvalue weighted by molar-refractivity contribution is 7.99. The van der Waals surface area contributed by atoms with Gasteiger partial charge in [0.2, 0.25) is 0 Å². The summed E-state index contributed by atoms with van der Waals surface area (Å²) in [6, 6.07) is 16.3. The molecule has 19 heavy (non-hydrogen) atoms. The van der Waals surface area contributed by atoms with Crippen LogP contribution in [0.15, 0.2) is 53.4 Å². The van der Waals surface area contributed by atoms with Crippen LogP contribution in [0.3, 0.4) is 0 Å². The number of aryl methyl sites for hydroxylation is 1. The molecule has 2 aromatic rings. The summed E-state index contributed by atoms with van der Waals surface area (Å²) < 4.78 is 0. The molecule has 3 N–H and O–H groups in total. The first-order valence-electron chi connectivity index (χ1n) is 6.10. The Bertz CT molecular complexity index is 528. The summed E-state index contributed by atoms with van der Waals surface area (Å²) in [6.45, 7) is 2.12. The quantitative estimate of drug-likeness (QED) is 0.498. The molecule has 4 heteroatoms. The number of thioether (sulfide) groups is 1. The van der Waals surface area contributed by atoms with E-state index in [1.807, 2.05) is 24.3 Å². The molecule has 100 valence electrons. The van der Waals surface area contributed by atoms with Gasteiger partial charge in [0.1, 0.15) is 0 Å². The highest BCUT2D eigenvalue weighted by Gasteiger charge is 2.10. The number of hydrazine groups is 1. The molecule has 0 amide bonds. The number of hydrogen-bond acceptors (Lipinski definition) is 3. The first-order valence-corrected chi connectivity index (χ1v) is 7.47. The minimum Gasteiger partial charge on any atom is -0.271 e. The largest absolute Gasteiger partial charge is 0.271 e. The van der Waals surface area contributed by atoms with Crippen LogP contribution < -0.4 is 11.3 Å². The predicted octanol–water partition coefficient (Wildman–Crippen LogP) is 3.95. The monoisotopic (exact) mass is 292 g/mol. The summed E-state index contributed by atoms with van der Waals surface area (Å²) in [5.41, 5.74) is 5.30. The van der Waals surface area contributed by atoms with Crippen LogP contribution >= 0.6 is 23.4 Å². The lowest BCUT2D eigenvalue weighted by Gasteiger charge is -2.16. The van der Waals surface area contributed by atoms with Crippen molar-refractivity contribution in [3.8, 4) is 0 Å². The van der Waals surface area contributed by atoms with Crippen LogP contribution in [-0.4, -0.2) is 5.75 Å². The van der Waals surface area contributed by atoms with Crippen molar-refractivity contribution in [3.63, 3.8) is 0 Å². The number of nitrogens with two attached hydrogens (primary N) is 1. The molecule has 2 aromatic carbocycles. The molecule has 1 unspecified atom stereocenters. The van der Waals surface area contributed by atoms with Gasteiger partial charge in [0.15, 0.2) is 0 Å². The topological polar surface area (TPSA) is 38.0 Å². The molecule has 0 heterocycles. The van der Waals surface area contributed by atoms with Gasteiger partial charge in [-0.2, -0.15) is 0 Å². The van der Waals surface area contributed by atoms with Crippen molar-refractivity contribution in [2.45, 2.75) is 17.9 Å². The number of rotatable bonds is 5. The normalized spacial score (nSPS) is 12.4. The maximum absolute atomic E-state index is 5.90. The Kier molecular flexibility index (Phi) is 5.28. The summed E-state index contributed by atoms with van der Waals surface area (Å²) in [4.78, 5) is 1.29. The molecular weight excluding hydrogens is 276 g/mol. The zero-order valence-electron chi connectivity index (χ0n) is 10.8. The van der Waals surface area contributed by atoms with Crippen molar-refractivity contribution >= 4 is 23.4 Å². The highest BCUT2D eigenvalue weighted by atomic mass is 35.5. The van der Waals surface area contributed by atoms with Crippen LogP contribution in [0.25, 0.3) is 0 Å². The van der Waals surface area contributed by atoms with Crippen molar-refractivity contribution in [3.05, 3.63) is 64.7 Å². The minimum atomic E-state index is 0.113. The minimum absolute atomic E-state index is 0.113. The second kappa shape index (κ2) is 6.96. The van der Waals surface area contributed by atoms with Gasteiger partial charge >= 0.3 is 0 Å². The number of nitrogens with one attached hydrogen (secondary N) is 1. The molecule has 0 aliphatic carbocycles. The van der Waals surface area contributed by atoms with Gasteiger partial charge in [-0.05, 0) is 36.2 Å². The lowest BCUT2D eigenvalue weighted by Crippen LogP contribution is -2.29. The summed E-state index contributed by atoms with van der Waals surface area (Å²) in [5.74, 6) is 6.53. The molecular formula is C15H17ClN2S. The highest BCUT2D eigenvalue weighted by Crippen LogP contribution is 2.27. The van der Waals surface area contributed by atoms with E-state index in [-0.39, 0.29) is 6.04 Å². The van der Waals surface area contributed by atoms with Gasteiger partial charge in [0.25, 0.3) is 0 Å². The van der Waals surface area contributed by atoms with E-state index in [4.69, 9.17) is 17.4 Å². The number of benzene rings is 2. The third-order valence-corrected chi connectivity index (χ3v) is 4.49. The fourth-order valence-electron chi connectivity index (χ4n) is 1.83. The number of halogens is 1. The van der Waals surface area contributed by atoms with Crippen LogP contribution in [0.4, 0.5) is 0 Å². The molecule has 2 rings (SSSR count). The zero-order chi connectivity index (χ0) is 13.7. The Balaban J connectivity index is 2.04. The summed E-state index contributed by atoms with van der Waals surface area (Å²) >= 11 is 7.70. The van der Waals surface area contributed by atoms with Crippen LogP contribution in [0.1, 0.15) is 17.2 Å². The van der Waals surface area contributed by atoms with Crippen molar-refractivity contribution in [2.24, 2.45) is 5.84 Å². The Hall–Kier alpha value is -1.00. The third-order valence-electron chi connectivity index (χ3n) is 2.97. The van der Waals surface area contributed by atoms with Gasteiger partial charge in [0, 0.05) is 15.7 Å². The molecule has 0 saturated carbocycles. The maximum Gasteiger partial charge on any atom is 0.0553 e. The summed E-state index contributed by atoms with van der Waals surface area (Å²) in [5, 5.41) is 0.742. The molecule has 0 aliphatic heterocycles. The molecule has 0 saturated heterocycles. The average molecular weight is 293 g/mol. The van der Waals surface area contributed by atoms with Gasteiger partial charge in [0.05, 0.1) is 6.04 Å². The van der Waals surface area contributed by atoms with Crippen molar-refractivity contribution < 1.29 is 0 Å². The third kappa shape index (κ3) is 3.98. The van der Waals surface area contributed by atoms with Crippen molar-refractivity contribution in [1.82, 2.24) is 5.43 Å². The molecule has 0 bridgehead atoms. The van der Waals surface area contributed by atoms with E-state index < -0.39 is 0 Å². The van der Waals surface area contributed by atoms with E-state index in [0.29, 0.717) is 0 Å². The molecule has 0 spiro atoms. The van der Waals surface area contributed by atoms with Crippen molar-refractivity contribution in [1.29, 1.82) is 0 Å². The Morgan fingerprint density at radius 1 is 1.16 bits per heavy atom. The van der Waals surface area contributed by atoms with E-state index in [0.717, 1.165) is 16.3 Å². The van der Waals surface area contributed by atoms with Gasteiger partial charge in [-0.1, -0.05) is 41.9 Å². The lowest BCUT2D eigenvalue weighted by molar-refractivity contribution is 0.611. The zero-order valence-corrected chi connectivity index (χ0v) is 12.3. The smallest absolute Gasteiger partial charge is 0.0553 e. The lowest BCUT2D eigenvalue weighted by atomic mass is 10.1. The van der Waals surface area contributed by atoms with Crippen LogP contribution in [0.2, 0.25) is 5.02 Å². The van der Waals surface area contributed by atoms with Crippen LogP contribution in [-0.2, 0) is 0 Å². The average Bonchev–Trinajstić information content (AvgIpc) is 2.43. The SMILES string of the molecule is Cc1ccccc1SCC(NN)c1ccc(Cl)cc1. The van der Waals surface area contributed by atoms with E-state index >= 15 is 0 Å². The first-order chi connectivity index (χ1) is 9.20. The predicted molar refractivity (Wildman–Crippen MR) is 83.4 cm³/mol. The Morgan fingerprint density at radius 3 is 2.47 bits per heavy atom. The van der Waals surface area contributed by atoms with E-state index in [1.165, 1.54) is 10.5 Å². The van der Waals surface area contributed by atoms with Crippen molar-refractivity contribution in [2.75, 3.05) is 5.75 Å². The standard InChI is InChI=1S/C15H17ClN2S/c1-11-4-2-3-5-15(11)19-10-14(18-17)12-6-8-13(16)9-7-12/h2-9,14,18H,10,17H2,1H3. The van der Waals surface area contributed by atoms with E-state index in [2.05, 4.69) is 36.6 Å². The number of hydrogen-bond donors (Lipinski definition) is 2. The fourth-order valence-corrected chi connectivity index (χ4v) is 3.06. The second-order valence-corrected chi connectivity index (χ2v) is 5.85. The first kappa shape index (κ1) is 14.4. The van der Waals surface area contributed by atoms with E-state index in [1.54, 1.807) is 11.8 Å². The summed E-state index contributed by atoms with van der Waals surface area (Å²) in [6.07, 6.45) is 0. The molecule has 0 aliphatic rings. The fraction of sp³-hybridized carbons (Fsp3) is 0.200. The van der Waals surface area contributed by atoms with Gasteiger partial charge in [-0.15, -0.1) is 11.8 Å². The van der Waals surface area contributed by atoms with Crippen LogP contribution in [0, 0.1) is 6.92 Å². The van der Waals surface area contributed by atoms with Gasteiger partial charge < -0.3 is 0 Å². The Morgan fingerprint density at radius 2 is 1.84 bits per heavy atom. The molecule has 1 atom stereocenters.